The summed E-state index contributed by atoms with van der Waals surface area (Å²) < 4.78 is 44.0. The number of rotatable bonds is 3. The van der Waals surface area contributed by atoms with Gasteiger partial charge in [0.05, 0.1) is 36.3 Å². The molecule has 0 N–H and O–H groups in total. The summed E-state index contributed by atoms with van der Waals surface area (Å²) in [6.07, 6.45) is -2.00. The Morgan fingerprint density at radius 3 is 2.61 bits per heavy atom. The molecule has 0 radical (unpaired) electrons. The second-order valence-corrected chi connectivity index (χ2v) is 9.94. The summed E-state index contributed by atoms with van der Waals surface area (Å²) in [4.78, 5) is 25.2. The number of ether oxygens (including phenoxy) is 1. The molecule has 3 aliphatic rings. The van der Waals surface area contributed by atoms with Crippen LogP contribution in [0.2, 0.25) is 0 Å². The van der Waals surface area contributed by atoms with Crippen molar-refractivity contribution in [2.45, 2.75) is 65.1 Å². The van der Waals surface area contributed by atoms with Gasteiger partial charge in [0.25, 0.3) is 0 Å². The van der Waals surface area contributed by atoms with Gasteiger partial charge in [0.1, 0.15) is 5.69 Å². The van der Waals surface area contributed by atoms with Crippen LogP contribution in [0, 0.1) is 12.8 Å². The minimum atomic E-state index is -4.44. The first-order chi connectivity index (χ1) is 15.5. The first kappa shape index (κ1) is 22.1. The fraction of sp³-hybridized carbons (Fsp3) is 0.542. The van der Waals surface area contributed by atoms with Crippen LogP contribution in [0.25, 0.3) is 0 Å². The van der Waals surface area contributed by atoms with Crippen LogP contribution in [0.1, 0.15) is 54.0 Å². The Morgan fingerprint density at radius 2 is 1.94 bits per heavy atom. The quantitative estimate of drug-likeness (QED) is 0.693. The molecule has 5 heterocycles. The number of aromatic nitrogens is 2. The van der Waals surface area contributed by atoms with Crippen LogP contribution in [0.4, 0.5) is 18.9 Å². The maximum absolute atomic E-state index is 13.0. The van der Waals surface area contributed by atoms with Crippen molar-refractivity contribution in [1.29, 1.82) is 0 Å². The van der Waals surface area contributed by atoms with Gasteiger partial charge in [-0.3, -0.25) is 9.78 Å². The molecule has 3 aliphatic heterocycles. The predicted molar refractivity (Wildman–Crippen MR) is 115 cm³/mol. The molecule has 9 heteroatoms. The molecule has 2 aromatic rings. The number of amides is 1. The van der Waals surface area contributed by atoms with Crippen LogP contribution >= 0.6 is 0 Å². The maximum atomic E-state index is 13.0. The van der Waals surface area contributed by atoms with Crippen LogP contribution in [0.5, 0.6) is 0 Å². The number of carbonyl (C=O) groups excluding carboxylic acids is 1. The van der Waals surface area contributed by atoms with Gasteiger partial charge in [-0.05, 0) is 44.0 Å². The predicted octanol–water partition coefficient (Wildman–Crippen LogP) is 4.02. The lowest BCUT2D eigenvalue weighted by molar-refractivity contribution is -0.141. The number of nitrogens with zero attached hydrogens (tertiary/aromatic N) is 4. The average Bonchev–Trinajstić information content (AvgIpc) is 3.13. The molecule has 0 aromatic carbocycles. The zero-order valence-corrected chi connectivity index (χ0v) is 19.0. The Labute approximate surface area is 190 Å². The molecule has 5 rings (SSSR count). The van der Waals surface area contributed by atoms with Crippen LogP contribution < -0.4 is 4.90 Å². The second-order valence-electron chi connectivity index (χ2n) is 9.94. The van der Waals surface area contributed by atoms with E-state index < -0.39 is 11.9 Å². The summed E-state index contributed by atoms with van der Waals surface area (Å²) in [5, 5.41) is 0. The molecule has 33 heavy (non-hydrogen) atoms. The van der Waals surface area contributed by atoms with Gasteiger partial charge < -0.3 is 14.5 Å². The number of halogens is 3. The smallest absolute Gasteiger partial charge is 0.370 e. The van der Waals surface area contributed by atoms with E-state index in [-0.39, 0.29) is 17.4 Å². The molecule has 1 amide bonds. The van der Waals surface area contributed by atoms with Gasteiger partial charge in [-0.15, -0.1) is 0 Å². The molecule has 0 unspecified atom stereocenters. The molecule has 1 saturated heterocycles. The first-order valence-corrected chi connectivity index (χ1v) is 11.2. The SMILES string of the molecule is Cc1c2c(nc3c1CN(C(=O)CC1CN(c4ccc(C(F)(F)F)nc4)C1)C3)CC(C)(C)OC2. The van der Waals surface area contributed by atoms with Crippen molar-refractivity contribution in [3.05, 3.63) is 52.1 Å². The van der Waals surface area contributed by atoms with E-state index in [1.165, 1.54) is 17.8 Å². The molecule has 0 bridgehead atoms. The highest BCUT2D eigenvalue weighted by molar-refractivity contribution is 5.77. The van der Waals surface area contributed by atoms with Gasteiger partial charge in [-0.1, -0.05) is 0 Å². The summed E-state index contributed by atoms with van der Waals surface area (Å²) >= 11 is 0. The van der Waals surface area contributed by atoms with Gasteiger partial charge in [0.2, 0.25) is 5.91 Å². The van der Waals surface area contributed by atoms with E-state index in [1.807, 2.05) is 9.80 Å². The number of hydrogen-bond acceptors (Lipinski definition) is 5. The zero-order chi connectivity index (χ0) is 23.5. The Morgan fingerprint density at radius 1 is 1.18 bits per heavy atom. The van der Waals surface area contributed by atoms with Gasteiger partial charge in [-0.25, -0.2) is 4.98 Å². The highest BCUT2D eigenvalue weighted by atomic mass is 19.4. The van der Waals surface area contributed by atoms with E-state index in [1.54, 1.807) is 0 Å². The normalized spacial score (nSPS) is 19.8. The molecular formula is C24H27F3N4O2. The first-order valence-electron chi connectivity index (χ1n) is 11.2. The number of alkyl halides is 3. The van der Waals surface area contributed by atoms with E-state index in [0.29, 0.717) is 44.9 Å². The fourth-order valence-corrected chi connectivity index (χ4v) is 4.94. The molecule has 0 aliphatic carbocycles. The number of pyridine rings is 2. The van der Waals surface area contributed by atoms with E-state index in [2.05, 4.69) is 25.8 Å². The largest absolute Gasteiger partial charge is 0.433 e. The number of carbonyl (C=O) groups is 1. The molecule has 1 fully saturated rings. The summed E-state index contributed by atoms with van der Waals surface area (Å²) in [5.41, 5.74) is 5.07. The van der Waals surface area contributed by atoms with Crippen molar-refractivity contribution in [1.82, 2.24) is 14.9 Å². The second kappa shape index (κ2) is 7.68. The van der Waals surface area contributed by atoms with Gasteiger partial charge in [0.15, 0.2) is 0 Å². The van der Waals surface area contributed by atoms with Gasteiger partial charge in [0, 0.05) is 49.7 Å². The highest BCUT2D eigenvalue weighted by Gasteiger charge is 2.36. The monoisotopic (exact) mass is 460 g/mol. The lowest BCUT2D eigenvalue weighted by Gasteiger charge is -2.41. The van der Waals surface area contributed by atoms with E-state index >= 15 is 0 Å². The third-order valence-electron chi connectivity index (χ3n) is 6.94. The van der Waals surface area contributed by atoms with Crippen molar-refractivity contribution in [3.63, 3.8) is 0 Å². The lowest BCUT2D eigenvalue weighted by Crippen LogP contribution is -2.48. The van der Waals surface area contributed by atoms with E-state index in [0.717, 1.165) is 35.0 Å². The third kappa shape index (κ3) is 4.18. The van der Waals surface area contributed by atoms with Crippen molar-refractivity contribution in [3.8, 4) is 0 Å². The topological polar surface area (TPSA) is 58.6 Å². The maximum Gasteiger partial charge on any atom is 0.433 e. The summed E-state index contributed by atoms with van der Waals surface area (Å²) in [5.74, 6) is 0.275. The van der Waals surface area contributed by atoms with Crippen LogP contribution in [0.3, 0.4) is 0 Å². The van der Waals surface area contributed by atoms with Crippen LogP contribution in [0.15, 0.2) is 18.3 Å². The van der Waals surface area contributed by atoms with E-state index in [9.17, 15) is 18.0 Å². The van der Waals surface area contributed by atoms with Crippen molar-refractivity contribution in [2.24, 2.45) is 5.92 Å². The lowest BCUT2D eigenvalue weighted by atomic mass is 9.91. The van der Waals surface area contributed by atoms with Gasteiger partial charge in [-0.2, -0.15) is 13.2 Å². The number of fused-ring (bicyclic) bond motifs is 2. The van der Waals surface area contributed by atoms with E-state index in [4.69, 9.17) is 9.72 Å². The van der Waals surface area contributed by atoms with Gasteiger partial charge >= 0.3 is 6.18 Å². The fourth-order valence-electron chi connectivity index (χ4n) is 4.94. The number of hydrogen-bond donors (Lipinski definition) is 0. The summed E-state index contributed by atoms with van der Waals surface area (Å²) in [7, 11) is 0. The Balaban J connectivity index is 1.18. The Bertz CT molecular complexity index is 1090. The minimum absolute atomic E-state index is 0.0946. The molecule has 2 aromatic heterocycles. The van der Waals surface area contributed by atoms with Crippen molar-refractivity contribution < 1.29 is 22.7 Å². The molecular weight excluding hydrogens is 433 g/mol. The van der Waals surface area contributed by atoms with Crippen molar-refractivity contribution in [2.75, 3.05) is 18.0 Å². The standard InChI is InChI=1S/C24H27F3N4O2/c1-14-17-11-31(12-20(17)29-19-7-23(2,3)33-13-18(14)19)22(32)6-15-9-30(10-15)16-4-5-21(28-8-16)24(25,26)27/h4-5,8,15H,6-7,9-13H2,1-3H3. The molecule has 0 atom stereocenters. The molecule has 0 saturated carbocycles. The van der Waals surface area contributed by atoms with Crippen LogP contribution in [-0.2, 0) is 41.8 Å². The highest BCUT2D eigenvalue weighted by Crippen LogP contribution is 2.35. The average molecular weight is 461 g/mol. The van der Waals surface area contributed by atoms with Crippen LogP contribution in [-0.4, -0.2) is 39.5 Å². The number of anilines is 1. The summed E-state index contributed by atoms with van der Waals surface area (Å²) in [6.45, 7) is 9.16. The Hall–Kier alpha value is -2.68. The van der Waals surface area contributed by atoms with Crippen molar-refractivity contribution >= 4 is 11.6 Å². The Kier molecular flexibility index (Phi) is 5.15. The molecule has 6 nitrogen and oxygen atoms in total. The minimum Gasteiger partial charge on any atom is -0.370 e. The zero-order valence-electron chi connectivity index (χ0n) is 19.0. The third-order valence-corrected chi connectivity index (χ3v) is 6.94. The summed E-state index contributed by atoms with van der Waals surface area (Å²) in [6, 6.07) is 2.43. The molecule has 0 spiro atoms. The molecule has 176 valence electrons.